The molecule has 0 amide bonds. The molecule has 0 aromatic heterocycles. The van der Waals surface area contributed by atoms with Crippen LogP contribution >= 0.6 is 15.9 Å². The fourth-order valence-corrected chi connectivity index (χ4v) is 1.60. The summed E-state index contributed by atoms with van der Waals surface area (Å²) in [5, 5.41) is 1.00. The number of halogens is 1. The van der Waals surface area contributed by atoms with Crippen molar-refractivity contribution in [2.45, 2.75) is 38.4 Å². The number of rotatable bonds is 10. The topological polar surface area (TPSA) is 44.8 Å². The van der Waals surface area contributed by atoms with Crippen molar-refractivity contribution < 1.29 is 19.0 Å². The van der Waals surface area contributed by atoms with E-state index in [4.69, 9.17) is 14.2 Å². The summed E-state index contributed by atoms with van der Waals surface area (Å²) in [6, 6.07) is 0. The molecular weight excluding hydrogens is 276 g/mol. The predicted molar refractivity (Wildman–Crippen MR) is 65.6 cm³/mol. The zero-order chi connectivity index (χ0) is 12.2. The van der Waals surface area contributed by atoms with Gasteiger partial charge in [0.2, 0.25) is 0 Å². The lowest BCUT2D eigenvalue weighted by atomic mass is 10.2. The zero-order valence-corrected chi connectivity index (χ0v) is 11.6. The molecule has 0 saturated carbocycles. The van der Waals surface area contributed by atoms with Crippen molar-refractivity contribution in [3.63, 3.8) is 0 Å². The SMILES string of the molecule is COC(CCC(=O)OCCCCCBr)OC. The van der Waals surface area contributed by atoms with Crippen LogP contribution in [0.3, 0.4) is 0 Å². The molecule has 0 aromatic carbocycles. The quantitative estimate of drug-likeness (QED) is 0.269. The van der Waals surface area contributed by atoms with Gasteiger partial charge in [0.15, 0.2) is 6.29 Å². The summed E-state index contributed by atoms with van der Waals surface area (Å²) in [6.07, 6.45) is 3.68. The van der Waals surface area contributed by atoms with E-state index in [2.05, 4.69) is 15.9 Å². The van der Waals surface area contributed by atoms with Gasteiger partial charge < -0.3 is 14.2 Å². The molecule has 0 fully saturated rings. The normalized spacial score (nSPS) is 10.8. The van der Waals surface area contributed by atoms with E-state index < -0.39 is 0 Å². The molecule has 0 aliphatic heterocycles. The largest absolute Gasteiger partial charge is 0.466 e. The maximum atomic E-state index is 11.3. The predicted octanol–water partition coefficient (Wildman–Crippen LogP) is 2.49. The molecule has 0 atom stereocenters. The minimum atomic E-state index is -0.319. The van der Waals surface area contributed by atoms with Crippen LogP contribution < -0.4 is 0 Å². The first-order chi connectivity index (χ1) is 7.74. The van der Waals surface area contributed by atoms with Gasteiger partial charge in [-0.05, 0) is 19.3 Å². The number of hydrogen-bond donors (Lipinski definition) is 0. The van der Waals surface area contributed by atoms with Gasteiger partial charge in [-0.3, -0.25) is 4.79 Å². The Kier molecular flexibility index (Phi) is 11.3. The molecule has 0 spiro atoms. The summed E-state index contributed by atoms with van der Waals surface area (Å²) < 4.78 is 15.0. The lowest BCUT2D eigenvalue weighted by molar-refractivity contribution is -0.148. The van der Waals surface area contributed by atoms with Crippen LogP contribution in [0.15, 0.2) is 0 Å². The summed E-state index contributed by atoms with van der Waals surface area (Å²) in [6.45, 7) is 0.510. The summed E-state index contributed by atoms with van der Waals surface area (Å²) in [5.41, 5.74) is 0. The minimum absolute atomic E-state index is 0.182. The van der Waals surface area contributed by atoms with Crippen LogP contribution in [0, 0.1) is 0 Å². The molecule has 96 valence electrons. The Morgan fingerprint density at radius 1 is 1.19 bits per heavy atom. The van der Waals surface area contributed by atoms with E-state index >= 15 is 0 Å². The van der Waals surface area contributed by atoms with Gasteiger partial charge in [-0.1, -0.05) is 15.9 Å². The van der Waals surface area contributed by atoms with E-state index in [1.54, 1.807) is 14.2 Å². The molecule has 0 unspecified atom stereocenters. The summed E-state index contributed by atoms with van der Waals surface area (Å²) in [4.78, 5) is 11.3. The molecule has 0 N–H and O–H groups in total. The van der Waals surface area contributed by atoms with Crippen LogP contribution in [-0.2, 0) is 19.0 Å². The van der Waals surface area contributed by atoms with Crippen molar-refractivity contribution in [3.8, 4) is 0 Å². The van der Waals surface area contributed by atoms with Gasteiger partial charge in [-0.2, -0.15) is 0 Å². The van der Waals surface area contributed by atoms with Gasteiger partial charge >= 0.3 is 5.97 Å². The lowest BCUT2D eigenvalue weighted by Crippen LogP contribution is -2.16. The second-order valence-corrected chi connectivity index (χ2v) is 4.20. The van der Waals surface area contributed by atoms with Gasteiger partial charge in [0, 0.05) is 26.0 Å². The maximum Gasteiger partial charge on any atom is 0.305 e. The number of esters is 1. The first-order valence-corrected chi connectivity index (χ1v) is 6.64. The molecule has 0 radical (unpaired) electrons. The molecule has 0 aliphatic carbocycles. The standard InChI is InChI=1S/C11H21BrO4/c1-14-11(15-2)7-6-10(13)16-9-5-3-4-8-12/h11H,3-9H2,1-2H3. The molecule has 0 saturated heterocycles. The molecule has 0 bridgehead atoms. The molecular formula is C11H21BrO4. The van der Waals surface area contributed by atoms with Crippen LogP contribution in [0.5, 0.6) is 0 Å². The van der Waals surface area contributed by atoms with E-state index in [0.29, 0.717) is 19.4 Å². The van der Waals surface area contributed by atoms with Crippen LogP contribution in [0.2, 0.25) is 0 Å². The van der Waals surface area contributed by atoms with Crippen molar-refractivity contribution in [1.82, 2.24) is 0 Å². The highest BCUT2D eigenvalue weighted by Gasteiger charge is 2.09. The Morgan fingerprint density at radius 2 is 1.88 bits per heavy atom. The van der Waals surface area contributed by atoms with Crippen LogP contribution in [0.25, 0.3) is 0 Å². The second-order valence-electron chi connectivity index (χ2n) is 3.41. The Bertz CT molecular complexity index is 171. The Morgan fingerprint density at radius 3 is 2.44 bits per heavy atom. The van der Waals surface area contributed by atoms with Gasteiger partial charge in [0.05, 0.1) is 13.0 Å². The molecule has 0 rings (SSSR count). The first kappa shape index (κ1) is 15.9. The molecule has 4 nitrogen and oxygen atoms in total. The smallest absolute Gasteiger partial charge is 0.305 e. The third kappa shape index (κ3) is 9.12. The van der Waals surface area contributed by atoms with Crippen LogP contribution in [-0.4, -0.2) is 38.4 Å². The van der Waals surface area contributed by atoms with Crippen molar-refractivity contribution >= 4 is 21.9 Å². The Labute approximate surface area is 106 Å². The average molecular weight is 297 g/mol. The molecule has 0 aliphatic rings. The van der Waals surface area contributed by atoms with E-state index in [9.17, 15) is 4.79 Å². The molecule has 0 heterocycles. The molecule has 0 aromatic rings. The minimum Gasteiger partial charge on any atom is -0.466 e. The van der Waals surface area contributed by atoms with E-state index in [1.807, 2.05) is 0 Å². The van der Waals surface area contributed by atoms with E-state index in [1.165, 1.54) is 0 Å². The number of ether oxygens (including phenoxy) is 3. The highest BCUT2D eigenvalue weighted by molar-refractivity contribution is 9.09. The third-order valence-electron chi connectivity index (χ3n) is 2.15. The second kappa shape index (κ2) is 11.4. The van der Waals surface area contributed by atoms with E-state index in [0.717, 1.165) is 24.6 Å². The Balaban J connectivity index is 3.37. The highest BCUT2D eigenvalue weighted by atomic mass is 79.9. The highest BCUT2D eigenvalue weighted by Crippen LogP contribution is 2.04. The molecule has 16 heavy (non-hydrogen) atoms. The summed E-state index contributed by atoms with van der Waals surface area (Å²) in [5.74, 6) is -0.182. The van der Waals surface area contributed by atoms with Crippen molar-refractivity contribution in [3.05, 3.63) is 0 Å². The number of methoxy groups -OCH3 is 2. The number of alkyl halides is 1. The van der Waals surface area contributed by atoms with Gasteiger partial charge in [0.1, 0.15) is 0 Å². The van der Waals surface area contributed by atoms with Gasteiger partial charge in [-0.25, -0.2) is 0 Å². The number of carbonyl (C=O) groups is 1. The van der Waals surface area contributed by atoms with Gasteiger partial charge in [0.25, 0.3) is 0 Å². The number of carbonyl (C=O) groups excluding carboxylic acids is 1. The van der Waals surface area contributed by atoms with Gasteiger partial charge in [-0.15, -0.1) is 0 Å². The van der Waals surface area contributed by atoms with E-state index in [-0.39, 0.29) is 12.3 Å². The van der Waals surface area contributed by atoms with Crippen LogP contribution in [0.1, 0.15) is 32.1 Å². The molecule has 5 heteroatoms. The van der Waals surface area contributed by atoms with Crippen molar-refractivity contribution in [2.24, 2.45) is 0 Å². The first-order valence-electron chi connectivity index (χ1n) is 5.51. The maximum absolute atomic E-state index is 11.3. The number of hydrogen-bond acceptors (Lipinski definition) is 4. The third-order valence-corrected chi connectivity index (χ3v) is 2.71. The Hall–Kier alpha value is -0.130. The van der Waals surface area contributed by atoms with Crippen molar-refractivity contribution in [1.29, 1.82) is 0 Å². The van der Waals surface area contributed by atoms with Crippen molar-refractivity contribution in [2.75, 3.05) is 26.2 Å². The fourth-order valence-electron chi connectivity index (χ4n) is 1.20. The lowest BCUT2D eigenvalue weighted by Gasteiger charge is -2.12. The number of unbranched alkanes of at least 4 members (excludes halogenated alkanes) is 2. The monoisotopic (exact) mass is 296 g/mol. The zero-order valence-electron chi connectivity index (χ0n) is 10.0. The van der Waals surface area contributed by atoms with Crippen LogP contribution in [0.4, 0.5) is 0 Å². The summed E-state index contributed by atoms with van der Waals surface area (Å²) >= 11 is 3.35. The average Bonchev–Trinajstić information content (AvgIpc) is 2.30. The summed E-state index contributed by atoms with van der Waals surface area (Å²) in [7, 11) is 3.11. The fraction of sp³-hybridized carbons (Fsp3) is 0.909.